The molecule has 2 rings (SSSR count). The second-order valence-corrected chi connectivity index (χ2v) is 4.29. The molecule has 0 radical (unpaired) electrons. The zero-order valence-electron chi connectivity index (χ0n) is 10.6. The number of nitrogens with one attached hydrogen (secondary N) is 1. The fraction of sp³-hybridized carbons (Fsp3) is 0.333. The summed E-state index contributed by atoms with van der Waals surface area (Å²) < 4.78 is 5.49. The van der Waals surface area contributed by atoms with E-state index >= 15 is 0 Å². The smallest absolute Gasteiger partial charge is 0.267 e. The molecule has 102 valence electrons. The van der Waals surface area contributed by atoms with Crippen molar-refractivity contribution in [2.45, 2.75) is 19.4 Å². The fourth-order valence-corrected chi connectivity index (χ4v) is 1.94. The largest absolute Gasteiger partial charge is 0.479 e. The molecule has 5 N–H and O–H groups in total. The van der Waals surface area contributed by atoms with Gasteiger partial charge < -0.3 is 15.4 Å². The van der Waals surface area contributed by atoms with Crippen LogP contribution in [0.5, 0.6) is 5.75 Å². The molecule has 1 aromatic carbocycles. The molecule has 7 heteroatoms. The van der Waals surface area contributed by atoms with Gasteiger partial charge in [0.1, 0.15) is 5.75 Å². The van der Waals surface area contributed by atoms with Crippen LogP contribution in [-0.4, -0.2) is 24.5 Å². The molecule has 0 aromatic heterocycles. The van der Waals surface area contributed by atoms with E-state index < -0.39 is 6.10 Å². The Bertz CT molecular complexity index is 518. The highest BCUT2D eigenvalue weighted by molar-refractivity contribution is 6.00. The molecule has 1 aromatic rings. The zero-order chi connectivity index (χ0) is 14.0. The molecule has 1 atom stereocenters. The van der Waals surface area contributed by atoms with Crippen LogP contribution in [0.2, 0.25) is 0 Å². The Kier molecular flexibility index (Phi) is 3.57. The molecule has 1 heterocycles. The van der Waals surface area contributed by atoms with Crippen LogP contribution in [0.4, 0.5) is 11.4 Å². The highest BCUT2D eigenvalue weighted by Crippen LogP contribution is 2.35. The molecule has 1 unspecified atom stereocenters. The number of anilines is 2. The van der Waals surface area contributed by atoms with Crippen molar-refractivity contribution in [3.8, 4) is 5.75 Å². The van der Waals surface area contributed by atoms with Gasteiger partial charge in [0.2, 0.25) is 5.91 Å². The lowest BCUT2D eigenvalue weighted by atomic mass is 10.1. The molecule has 0 saturated carbocycles. The number of benzene rings is 1. The van der Waals surface area contributed by atoms with E-state index in [1.165, 1.54) is 4.90 Å². The SMILES string of the molecule is CC1Oc2ccc(N)cc2N(CCC(=O)NN)C1=O. The van der Waals surface area contributed by atoms with Crippen molar-refractivity contribution in [2.75, 3.05) is 17.2 Å². The quantitative estimate of drug-likeness (QED) is 0.302. The maximum Gasteiger partial charge on any atom is 0.267 e. The van der Waals surface area contributed by atoms with Gasteiger partial charge in [0.15, 0.2) is 6.10 Å². The number of hydrazine groups is 1. The molecule has 2 amide bonds. The van der Waals surface area contributed by atoms with Gasteiger partial charge in [-0.3, -0.25) is 15.0 Å². The summed E-state index contributed by atoms with van der Waals surface area (Å²) in [6.07, 6.45) is -0.472. The first-order valence-electron chi connectivity index (χ1n) is 5.90. The van der Waals surface area contributed by atoms with E-state index in [2.05, 4.69) is 0 Å². The molecule has 0 fully saturated rings. The number of hydrogen-bond acceptors (Lipinski definition) is 5. The Labute approximate surface area is 110 Å². The summed E-state index contributed by atoms with van der Waals surface area (Å²) >= 11 is 0. The van der Waals surface area contributed by atoms with Crippen LogP contribution >= 0.6 is 0 Å². The summed E-state index contributed by atoms with van der Waals surface area (Å²) in [6.45, 7) is 1.89. The number of rotatable bonds is 3. The molecule has 0 aliphatic carbocycles. The van der Waals surface area contributed by atoms with E-state index in [9.17, 15) is 9.59 Å². The molecule has 1 aliphatic heterocycles. The molecule has 1 aliphatic rings. The third-order valence-electron chi connectivity index (χ3n) is 2.91. The molecule has 0 saturated heterocycles. The number of carbonyl (C=O) groups is 2. The van der Waals surface area contributed by atoms with Gasteiger partial charge >= 0.3 is 0 Å². The average Bonchev–Trinajstić information content (AvgIpc) is 2.39. The maximum atomic E-state index is 12.1. The van der Waals surface area contributed by atoms with E-state index in [4.69, 9.17) is 16.3 Å². The first kappa shape index (κ1) is 13.2. The lowest BCUT2D eigenvalue weighted by Gasteiger charge is -2.33. The number of nitrogens with zero attached hydrogens (tertiary/aromatic N) is 1. The number of hydrogen-bond donors (Lipinski definition) is 3. The number of amides is 2. The monoisotopic (exact) mass is 264 g/mol. The van der Waals surface area contributed by atoms with Crippen molar-refractivity contribution < 1.29 is 14.3 Å². The van der Waals surface area contributed by atoms with E-state index in [1.54, 1.807) is 25.1 Å². The Morgan fingerprint density at radius 2 is 2.26 bits per heavy atom. The number of ether oxygens (including phenoxy) is 1. The van der Waals surface area contributed by atoms with Gasteiger partial charge in [-0.05, 0) is 25.1 Å². The molecular formula is C12H16N4O3. The van der Waals surface area contributed by atoms with Gasteiger partial charge in [0, 0.05) is 18.7 Å². The van der Waals surface area contributed by atoms with Crippen molar-refractivity contribution >= 4 is 23.2 Å². The van der Waals surface area contributed by atoms with Crippen LogP contribution < -0.4 is 26.6 Å². The summed E-state index contributed by atoms with van der Waals surface area (Å²) in [5, 5.41) is 0. The van der Waals surface area contributed by atoms with Crippen molar-refractivity contribution in [2.24, 2.45) is 5.84 Å². The van der Waals surface area contributed by atoms with Crippen molar-refractivity contribution in [3.63, 3.8) is 0 Å². The second-order valence-electron chi connectivity index (χ2n) is 4.29. The second kappa shape index (κ2) is 5.15. The molecule has 0 bridgehead atoms. The van der Waals surface area contributed by atoms with Gasteiger partial charge in [-0.15, -0.1) is 0 Å². The number of carbonyl (C=O) groups excluding carboxylic acids is 2. The Hall–Kier alpha value is -2.28. The van der Waals surface area contributed by atoms with Crippen molar-refractivity contribution in [3.05, 3.63) is 18.2 Å². The van der Waals surface area contributed by atoms with Gasteiger partial charge in [0.05, 0.1) is 5.69 Å². The van der Waals surface area contributed by atoms with Gasteiger partial charge in [0.25, 0.3) is 5.91 Å². The van der Waals surface area contributed by atoms with Gasteiger partial charge in [-0.2, -0.15) is 0 Å². The van der Waals surface area contributed by atoms with E-state index in [-0.39, 0.29) is 24.8 Å². The minimum atomic E-state index is -0.586. The summed E-state index contributed by atoms with van der Waals surface area (Å²) in [6, 6.07) is 5.06. The predicted molar refractivity (Wildman–Crippen MR) is 70.2 cm³/mol. The van der Waals surface area contributed by atoms with Crippen LogP contribution in [-0.2, 0) is 9.59 Å². The van der Waals surface area contributed by atoms with Crippen LogP contribution in [0.15, 0.2) is 18.2 Å². The number of nitrogen functional groups attached to an aromatic ring is 1. The minimum Gasteiger partial charge on any atom is -0.479 e. The minimum absolute atomic E-state index is 0.114. The Morgan fingerprint density at radius 3 is 2.95 bits per heavy atom. The number of fused-ring (bicyclic) bond motifs is 1. The maximum absolute atomic E-state index is 12.1. The van der Waals surface area contributed by atoms with Crippen molar-refractivity contribution in [1.29, 1.82) is 0 Å². The summed E-state index contributed by atoms with van der Waals surface area (Å²) in [5.41, 5.74) is 8.85. The van der Waals surface area contributed by atoms with E-state index in [0.717, 1.165) is 0 Å². The Morgan fingerprint density at radius 1 is 1.53 bits per heavy atom. The highest BCUT2D eigenvalue weighted by Gasteiger charge is 2.31. The Balaban J connectivity index is 2.28. The molecule has 0 spiro atoms. The third-order valence-corrected chi connectivity index (χ3v) is 2.91. The summed E-state index contributed by atoms with van der Waals surface area (Å²) in [4.78, 5) is 24.8. The predicted octanol–water partition coefficient (Wildman–Crippen LogP) is -0.237. The average molecular weight is 264 g/mol. The van der Waals surface area contributed by atoms with Gasteiger partial charge in [-0.25, -0.2) is 5.84 Å². The fourth-order valence-electron chi connectivity index (χ4n) is 1.94. The first-order valence-corrected chi connectivity index (χ1v) is 5.90. The lowest BCUT2D eigenvalue weighted by molar-refractivity contribution is -0.125. The summed E-state index contributed by atoms with van der Waals surface area (Å²) in [5.74, 6) is 5.06. The van der Waals surface area contributed by atoms with E-state index in [0.29, 0.717) is 17.1 Å². The topological polar surface area (TPSA) is 111 Å². The molecule has 7 nitrogen and oxygen atoms in total. The van der Waals surface area contributed by atoms with Crippen LogP contribution in [0.3, 0.4) is 0 Å². The van der Waals surface area contributed by atoms with Crippen LogP contribution in [0, 0.1) is 0 Å². The standard InChI is InChI=1S/C12H16N4O3/c1-7-12(18)16(5-4-11(17)15-14)9-6-8(13)2-3-10(9)19-7/h2-3,6-7H,4-5,13-14H2,1H3,(H,15,17). The normalized spacial score (nSPS) is 17.7. The number of nitrogens with two attached hydrogens (primary N) is 2. The van der Waals surface area contributed by atoms with Crippen LogP contribution in [0.1, 0.15) is 13.3 Å². The molecule has 19 heavy (non-hydrogen) atoms. The van der Waals surface area contributed by atoms with Crippen LogP contribution in [0.25, 0.3) is 0 Å². The first-order chi connectivity index (χ1) is 9.02. The van der Waals surface area contributed by atoms with E-state index in [1.807, 2.05) is 5.43 Å². The highest BCUT2D eigenvalue weighted by atomic mass is 16.5. The van der Waals surface area contributed by atoms with Gasteiger partial charge in [-0.1, -0.05) is 0 Å². The summed E-state index contributed by atoms with van der Waals surface area (Å²) in [7, 11) is 0. The van der Waals surface area contributed by atoms with Crippen molar-refractivity contribution in [1.82, 2.24) is 5.43 Å². The molecular weight excluding hydrogens is 248 g/mol. The third kappa shape index (κ3) is 2.60. The lowest BCUT2D eigenvalue weighted by Crippen LogP contribution is -2.46. The zero-order valence-corrected chi connectivity index (χ0v) is 10.6.